The van der Waals surface area contributed by atoms with Gasteiger partial charge in [-0.1, -0.05) is 30.4 Å². The molecule has 1 aliphatic rings. The Hall–Kier alpha value is -4.26. The summed E-state index contributed by atoms with van der Waals surface area (Å²) in [4.78, 5) is 25.0. The van der Waals surface area contributed by atoms with E-state index in [4.69, 9.17) is 0 Å². The van der Waals surface area contributed by atoms with Crippen LogP contribution in [0, 0.1) is 0 Å². The molecule has 0 atom stereocenters. The minimum Gasteiger partial charge on any atom is -0.507 e. The van der Waals surface area contributed by atoms with Crippen molar-refractivity contribution in [1.82, 2.24) is 10.6 Å². The van der Waals surface area contributed by atoms with Crippen LogP contribution in [-0.4, -0.2) is 40.2 Å². The molecule has 0 saturated heterocycles. The highest BCUT2D eigenvalue weighted by atomic mass is 16.3. The standard InChI is InChI=1S/C26H24N2O5/c29-22-7-2-4-16-14-18(5-1-6-20(16)22)25(32)27-12-3-13-28-26(33)19-8-10-21-17(15-19)9-11-23(30)24(21)31/h1-2,4,6-11,14-15,29-31H,3,5,12-13H2,(H,27,32)(H,28,33). The number of aromatic hydroxyl groups is 3. The first-order chi connectivity index (χ1) is 15.9. The molecule has 2 amide bonds. The van der Waals surface area contributed by atoms with Crippen LogP contribution in [0.25, 0.3) is 22.9 Å². The zero-order chi connectivity index (χ0) is 23.4. The van der Waals surface area contributed by atoms with Gasteiger partial charge in [-0.25, -0.2) is 0 Å². The molecule has 0 radical (unpaired) electrons. The van der Waals surface area contributed by atoms with E-state index in [0.717, 1.165) is 5.56 Å². The molecule has 0 spiro atoms. The van der Waals surface area contributed by atoms with E-state index >= 15 is 0 Å². The van der Waals surface area contributed by atoms with Crippen molar-refractivity contribution < 1.29 is 24.9 Å². The fourth-order valence-corrected chi connectivity index (χ4v) is 3.74. The van der Waals surface area contributed by atoms with Gasteiger partial charge in [0.1, 0.15) is 5.75 Å². The van der Waals surface area contributed by atoms with E-state index in [1.807, 2.05) is 18.2 Å². The van der Waals surface area contributed by atoms with E-state index in [-0.39, 0.29) is 29.1 Å². The first-order valence-electron chi connectivity index (χ1n) is 10.6. The number of allylic oxidation sites excluding steroid dienone is 1. The molecule has 0 aliphatic heterocycles. The van der Waals surface area contributed by atoms with Crippen molar-refractivity contribution in [2.75, 3.05) is 13.1 Å². The maximum absolute atomic E-state index is 12.5. The Kier molecular flexibility index (Phi) is 6.31. The van der Waals surface area contributed by atoms with E-state index < -0.39 is 0 Å². The van der Waals surface area contributed by atoms with E-state index in [0.29, 0.717) is 53.4 Å². The summed E-state index contributed by atoms with van der Waals surface area (Å²) < 4.78 is 0. The molecule has 7 nitrogen and oxygen atoms in total. The Morgan fingerprint density at radius 2 is 1.67 bits per heavy atom. The molecule has 1 aliphatic carbocycles. The zero-order valence-electron chi connectivity index (χ0n) is 17.8. The lowest BCUT2D eigenvalue weighted by Gasteiger charge is -2.09. The Balaban J connectivity index is 1.28. The van der Waals surface area contributed by atoms with Crippen molar-refractivity contribution in [3.8, 4) is 17.2 Å². The van der Waals surface area contributed by atoms with Crippen LogP contribution in [0.1, 0.15) is 34.3 Å². The van der Waals surface area contributed by atoms with Gasteiger partial charge in [0.25, 0.3) is 5.91 Å². The number of phenolic OH excluding ortho intramolecular Hbond substituents is 3. The topological polar surface area (TPSA) is 119 Å². The van der Waals surface area contributed by atoms with Crippen molar-refractivity contribution in [2.45, 2.75) is 12.8 Å². The number of phenols is 3. The first-order valence-corrected chi connectivity index (χ1v) is 10.6. The van der Waals surface area contributed by atoms with Crippen molar-refractivity contribution in [3.05, 3.63) is 76.9 Å². The molecular weight excluding hydrogens is 420 g/mol. The van der Waals surface area contributed by atoms with Gasteiger partial charge in [0.2, 0.25) is 5.91 Å². The third kappa shape index (κ3) is 4.82. The van der Waals surface area contributed by atoms with Gasteiger partial charge < -0.3 is 26.0 Å². The van der Waals surface area contributed by atoms with E-state index in [1.165, 1.54) is 6.07 Å². The normalized spacial score (nSPS) is 12.5. The minimum absolute atomic E-state index is 0.179. The molecule has 5 N–H and O–H groups in total. The van der Waals surface area contributed by atoms with Gasteiger partial charge >= 0.3 is 0 Å². The quantitative estimate of drug-likeness (QED) is 0.293. The van der Waals surface area contributed by atoms with Gasteiger partial charge in [-0.3, -0.25) is 9.59 Å². The lowest BCUT2D eigenvalue weighted by molar-refractivity contribution is -0.117. The summed E-state index contributed by atoms with van der Waals surface area (Å²) >= 11 is 0. The van der Waals surface area contributed by atoms with Gasteiger partial charge in [-0.2, -0.15) is 0 Å². The number of nitrogens with one attached hydrogen (secondary N) is 2. The van der Waals surface area contributed by atoms with E-state index in [9.17, 15) is 24.9 Å². The molecule has 33 heavy (non-hydrogen) atoms. The van der Waals surface area contributed by atoms with Crippen molar-refractivity contribution in [2.24, 2.45) is 0 Å². The molecule has 0 fully saturated rings. The summed E-state index contributed by atoms with van der Waals surface area (Å²) in [5, 5.41) is 36.2. The van der Waals surface area contributed by atoms with Crippen LogP contribution >= 0.6 is 0 Å². The molecule has 168 valence electrons. The Labute approximate surface area is 190 Å². The summed E-state index contributed by atoms with van der Waals surface area (Å²) in [6.07, 6.45) is 6.46. The maximum Gasteiger partial charge on any atom is 0.251 e. The number of fused-ring (bicyclic) bond motifs is 2. The fourth-order valence-electron chi connectivity index (χ4n) is 3.74. The van der Waals surface area contributed by atoms with Gasteiger partial charge in [-0.05, 0) is 60.2 Å². The van der Waals surface area contributed by atoms with Crippen molar-refractivity contribution >= 4 is 34.7 Å². The molecule has 4 rings (SSSR count). The smallest absolute Gasteiger partial charge is 0.251 e. The Morgan fingerprint density at radius 3 is 2.48 bits per heavy atom. The van der Waals surface area contributed by atoms with E-state index in [1.54, 1.807) is 42.5 Å². The van der Waals surface area contributed by atoms with Crippen LogP contribution in [0.15, 0.2) is 60.2 Å². The van der Waals surface area contributed by atoms with Gasteiger partial charge in [0, 0.05) is 35.2 Å². The number of amides is 2. The predicted molar refractivity (Wildman–Crippen MR) is 127 cm³/mol. The average molecular weight is 444 g/mol. The Bertz CT molecular complexity index is 1290. The molecule has 0 saturated carbocycles. The average Bonchev–Trinajstić information content (AvgIpc) is 3.04. The molecule has 3 aromatic carbocycles. The van der Waals surface area contributed by atoms with Crippen molar-refractivity contribution in [3.63, 3.8) is 0 Å². The molecule has 0 aromatic heterocycles. The third-order valence-corrected chi connectivity index (χ3v) is 5.52. The number of hydrogen-bond donors (Lipinski definition) is 5. The number of carbonyl (C=O) groups is 2. The largest absolute Gasteiger partial charge is 0.507 e. The molecule has 0 heterocycles. The fraction of sp³-hybridized carbons (Fsp3) is 0.154. The monoisotopic (exact) mass is 444 g/mol. The lowest BCUT2D eigenvalue weighted by atomic mass is 10.0. The number of benzene rings is 3. The number of rotatable bonds is 6. The van der Waals surface area contributed by atoms with Crippen LogP contribution in [-0.2, 0) is 4.79 Å². The Morgan fingerprint density at radius 1 is 0.879 bits per heavy atom. The van der Waals surface area contributed by atoms with Gasteiger partial charge in [0.15, 0.2) is 11.5 Å². The summed E-state index contributed by atoms with van der Waals surface area (Å²) in [7, 11) is 0. The lowest BCUT2D eigenvalue weighted by Crippen LogP contribution is -2.30. The molecule has 3 aromatic rings. The van der Waals surface area contributed by atoms with Crippen LogP contribution in [0.2, 0.25) is 0 Å². The predicted octanol–water partition coefficient (Wildman–Crippen LogP) is 3.69. The molecule has 0 bridgehead atoms. The highest BCUT2D eigenvalue weighted by Gasteiger charge is 2.13. The van der Waals surface area contributed by atoms with E-state index in [2.05, 4.69) is 10.6 Å². The summed E-state index contributed by atoms with van der Waals surface area (Å²) in [6, 6.07) is 13.0. The van der Waals surface area contributed by atoms with Crippen LogP contribution in [0.5, 0.6) is 17.2 Å². The number of carbonyl (C=O) groups excluding carboxylic acids is 2. The second kappa shape index (κ2) is 9.48. The van der Waals surface area contributed by atoms with Gasteiger partial charge in [0.05, 0.1) is 0 Å². The molecule has 0 unspecified atom stereocenters. The van der Waals surface area contributed by atoms with Crippen molar-refractivity contribution in [1.29, 1.82) is 0 Å². The highest BCUT2D eigenvalue weighted by Crippen LogP contribution is 2.33. The SMILES string of the molecule is O=C(NCCCNC(=O)c1ccc2c(O)c(O)ccc2c1)C1=Cc2cccc(O)c2C=CC1. The van der Waals surface area contributed by atoms with Gasteiger partial charge in [-0.15, -0.1) is 0 Å². The second-order valence-corrected chi connectivity index (χ2v) is 7.79. The summed E-state index contributed by atoms with van der Waals surface area (Å²) in [5.41, 5.74) is 2.53. The highest BCUT2D eigenvalue weighted by molar-refractivity contribution is 6.01. The molecule has 7 heteroatoms. The van der Waals surface area contributed by atoms with Crippen LogP contribution < -0.4 is 10.6 Å². The summed E-state index contributed by atoms with van der Waals surface area (Å²) in [5.74, 6) is -0.683. The maximum atomic E-state index is 12.5. The van der Waals surface area contributed by atoms with Crippen LogP contribution in [0.3, 0.4) is 0 Å². The zero-order valence-corrected chi connectivity index (χ0v) is 17.8. The third-order valence-electron chi connectivity index (χ3n) is 5.52. The van der Waals surface area contributed by atoms with Crippen LogP contribution in [0.4, 0.5) is 0 Å². The molecular formula is C26H24N2O5. The first kappa shape index (κ1) is 22.0. The summed E-state index contributed by atoms with van der Waals surface area (Å²) in [6.45, 7) is 0.783. The second-order valence-electron chi connectivity index (χ2n) is 7.79. The number of hydrogen-bond acceptors (Lipinski definition) is 5. The minimum atomic E-state index is -0.260.